The van der Waals surface area contributed by atoms with Crippen LogP contribution >= 0.6 is 23.1 Å². The first-order valence-corrected chi connectivity index (χ1v) is 9.90. The summed E-state index contributed by atoms with van der Waals surface area (Å²) in [7, 11) is 0. The highest BCUT2D eigenvalue weighted by Crippen LogP contribution is 2.25. The van der Waals surface area contributed by atoms with Gasteiger partial charge in [0.05, 0.1) is 10.2 Å². The number of amidine groups is 1. The maximum absolute atomic E-state index is 9.40. The van der Waals surface area contributed by atoms with E-state index in [9.17, 15) is 5.11 Å². The van der Waals surface area contributed by atoms with E-state index in [1.54, 1.807) is 11.3 Å². The second-order valence-electron chi connectivity index (χ2n) is 5.71. The second kappa shape index (κ2) is 7.43. The van der Waals surface area contributed by atoms with Crippen LogP contribution in [-0.4, -0.2) is 33.8 Å². The lowest BCUT2D eigenvalue weighted by Gasteiger charge is -2.07. The van der Waals surface area contributed by atoms with Crippen LogP contribution in [0.25, 0.3) is 10.2 Å². The molecule has 0 amide bonds. The summed E-state index contributed by atoms with van der Waals surface area (Å²) in [6.45, 7) is 0.849. The fraction of sp³-hybridized carbons (Fsp3) is 0.222. The predicted octanol–water partition coefficient (Wildman–Crippen LogP) is 3.78. The predicted molar refractivity (Wildman–Crippen MR) is 108 cm³/mol. The van der Waals surface area contributed by atoms with E-state index in [2.05, 4.69) is 38.8 Å². The van der Waals surface area contributed by atoms with Crippen LogP contribution in [0.1, 0.15) is 5.56 Å². The van der Waals surface area contributed by atoms with Crippen molar-refractivity contribution in [1.82, 2.24) is 4.98 Å². The number of aromatic nitrogens is 1. The van der Waals surface area contributed by atoms with Crippen LogP contribution in [-0.2, 0) is 6.42 Å². The molecule has 0 fully saturated rings. The van der Waals surface area contributed by atoms with E-state index in [-0.39, 0.29) is 0 Å². The molecule has 0 saturated carbocycles. The molecule has 0 saturated heterocycles. The monoisotopic (exact) mass is 370 g/mol. The molecular weight excluding hydrogens is 352 g/mol. The van der Waals surface area contributed by atoms with Gasteiger partial charge in [0.15, 0.2) is 16.5 Å². The molecule has 3 N–H and O–H groups in total. The lowest BCUT2D eigenvalue weighted by molar-refractivity contribution is 0.213. The number of nitrogens with one attached hydrogen (secondary N) is 2. The average molecular weight is 371 g/mol. The van der Waals surface area contributed by atoms with Crippen molar-refractivity contribution in [2.75, 3.05) is 22.9 Å². The van der Waals surface area contributed by atoms with Gasteiger partial charge in [-0.25, -0.2) is 9.98 Å². The zero-order valence-corrected chi connectivity index (χ0v) is 15.1. The Bertz CT molecular complexity index is 858. The summed E-state index contributed by atoms with van der Waals surface area (Å²) in [5, 5.41) is 17.8. The molecule has 4 rings (SSSR count). The number of aliphatic hydroxyl groups is 1. The van der Waals surface area contributed by atoms with Gasteiger partial charge in [-0.05, 0) is 36.2 Å². The highest BCUT2D eigenvalue weighted by molar-refractivity contribution is 8.14. The smallest absolute Gasteiger partial charge is 0.183 e. The highest BCUT2D eigenvalue weighted by atomic mass is 32.2. The van der Waals surface area contributed by atoms with Crippen LogP contribution in [0.3, 0.4) is 0 Å². The van der Waals surface area contributed by atoms with Crippen molar-refractivity contribution in [2.24, 2.45) is 4.99 Å². The normalized spacial score (nSPS) is 16.8. The van der Waals surface area contributed by atoms with Crippen molar-refractivity contribution >= 4 is 49.3 Å². The Kier molecular flexibility index (Phi) is 4.87. The number of para-hydroxylation sites is 1. The second-order valence-corrected chi connectivity index (χ2v) is 7.75. The van der Waals surface area contributed by atoms with E-state index in [0.717, 1.165) is 34.5 Å². The van der Waals surface area contributed by atoms with Gasteiger partial charge in [-0.3, -0.25) is 0 Å². The molecule has 1 aliphatic rings. The molecule has 1 unspecified atom stereocenters. The number of nitrogens with zero attached hydrogens (tertiary/aromatic N) is 2. The number of hydrogen-bond acceptors (Lipinski definition) is 7. The topological polar surface area (TPSA) is 69.5 Å². The summed E-state index contributed by atoms with van der Waals surface area (Å²) in [6.07, 6.45) is 0.352. The van der Waals surface area contributed by atoms with Gasteiger partial charge in [0.25, 0.3) is 0 Å². The molecule has 0 radical (unpaired) electrons. The van der Waals surface area contributed by atoms with Gasteiger partial charge in [-0.15, -0.1) is 0 Å². The van der Waals surface area contributed by atoms with E-state index in [0.29, 0.717) is 5.75 Å². The molecule has 2 aromatic carbocycles. The molecule has 1 atom stereocenters. The molecule has 128 valence electrons. The first-order valence-electron chi connectivity index (χ1n) is 8.10. The molecule has 5 nitrogen and oxygen atoms in total. The fourth-order valence-electron chi connectivity index (χ4n) is 2.57. The van der Waals surface area contributed by atoms with E-state index in [1.807, 2.05) is 30.3 Å². The van der Waals surface area contributed by atoms with Gasteiger partial charge in [-0.1, -0.05) is 47.4 Å². The Balaban J connectivity index is 1.30. The number of anilines is 2. The van der Waals surface area contributed by atoms with Gasteiger partial charge >= 0.3 is 0 Å². The minimum atomic E-state index is -0.583. The number of thiazole rings is 1. The maximum Gasteiger partial charge on any atom is 0.183 e. The van der Waals surface area contributed by atoms with Crippen molar-refractivity contribution in [3.8, 4) is 0 Å². The van der Waals surface area contributed by atoms with Crippen LogP contribution in [0.2, 0.25) is 0 Å². The molecule has 0 bridgehead atoms. The molecule has 1 aliphatic heterocycles. The number of aliphatic hydroxyl groups excluding tert-OH is 1. The molecule has 7 heteroatoms. The Morgan fingerprint density at radius 2 is 1.96 bits per heavy atom. The van der Waals surface area contributed by atoms with Crippen molar-refractivity contribution < 1.29 is 5.11 Å². The van der Waals surface area contributed by atoms with E-state index in [4.69, 9.17) is 0 Å². The molecule has 0 spiro atoms. The molecule has 3 aromatic rings. The number of rotatable bonds is 5. The molecule has 0 aliphatic carbocycles. The average Bonchev–Trinajstić information content (AvgIpc) is 3.22. The summed E-state index contributed by atoms with van der Waals surface area (Å²) in [5.74, 6) is 0.623. The Morgan fingerprint density at radius 3 is 2.72 bits per heavy atom. The zero-order valence-electron chi connectivity index (χ0n) is 13.5. The summed E-state index contributed by atoms with van der Waals surface area (Å²) in [4.78, 5) is 8.70. The Labute approximate surface area is 154 Å². The summed E-state index contributed by atoms with van der Waals surface area (Å²) in [5.41, 5.74) is 3.30. The van der Waals surface area contributed by atoms with Gasteiger partial charge in [0, 0.05) is 18.0 Å². The third-order valence-electron chi connectivity index (χ3n) is 3.82. The third kappa shape index (κ3) is 4.12. The van der Waals surface area contributed by atoms with E-state index in [1.165, 1.54) is 22.0 Å². The van der Waals surface area contributed by atoms with Crippen molar-refractivity contribution in [3.05, 3.63) is 54.1 Å². The SMILES string of the molecule is OC1CSC(Nc2ccc(CCNc3nc4ccccc4s3)cc2)=N1. The lowest BCUT2D eigenvalue weighted by Crippen LogP contribution is -2.06. The summed E-state index contributed by atoms with van der Waals surface area (Å²) < 4.78 is 1.21. The van der Waals surface area contributed by atoms with Gasteiger partial charge in [0.1, 0.15) is 0 Å². The number of aliphatic imine (C=N–C) groups is 1. The molecule has 1 aromatic heterocycles. The van der Waals surface area contributed by atoms with Crippen LogP contribution < -0.4 is 10.6 Å². The number of benzene rings is 2. The first kappa shape index (κ1) is 16.4. The van der Waals surface area contributed by atoms with E-state index >= 15 is 0 Å². The number of hydrogen-bond donors (Lipinski definition) is 3. The summed E-state index contributed by atoms with van der Waals surface area (Å²) >= 11 is 3.22. The van der Waals surface area contributed by atoms with Crippen LogP contribution in [0.5, 0.6) is 0 Å². The number of thioether (sulfide) groups is 1. The third-order valence-corrected chi connectivity index (χ3v) is 5.76. The highest BCUT2D eigenvalue weighted by Gasteiger charge is 2.14. The minimum Gasteiger partial charge on any atom is -0.371 e. The quantitative estimate of drug-likeness (QED) is 0.638. The maximum atomic E-state index is 9.40. The fourth-order valence-corrected chi connectivity index (χ4v) is 4.23. The molecular formula is C18H18N4OS2. The Morgan fingerprint density at radius 1 is 1.12 bits per heavy atom. The molecule has 2 heterocycles. The molecule has 25 heavy (non-hydrogen) atoms. The lowest BCUT2D eigenvalue weighted by atomic mass is 10.1. The Hall–Kier alpha value is -2.09. The van der Waals surface area contributed by atoms with Crippen molar-refractivity contribution in [3.63, 3.8) is 0 Å². The largest absolute Gasteiger partial charge is 0.371 e. The standard InChI is InChI=1S/C18H18N4OS2/c23-16-11-24-18(22-16)20-13-7-5-12(6-8-13)9-10-19-17-21-14-3-1-2-4-15(14)25-17/h1-8,16,23H,9-11H2,(H,19,21)(H,20,22). The minimum absolute atomic E-state index is 0.583. The van der Waals surface area contributed by atoms with Crippen LogP contribution in [0.4, 0.5) is 10.8 Å². The van der Waals surface area contributed by atoms with Crippen molar-refractivity contribution in [1.29, 1.82) is 0 Å². The first-order chi connectivity index (χ1) is 12.3. The van der Waals surface area contributed by atoms with E-state index < -0.39 is 6.23 Å². The van der Waals surface area contributed by atoms with Crippen LogP contribution in [0, 0.1) is 0 Å². The van der Waals surface area contributed by atoms with Gasteiger partial charge in [0.2, 0.25) is 0 Å². The summed E-state index contributed by atoms with van der Waals surface area (Å²) in [6, 6.07) is 16.5. The van der Waals surface area contributed by atoms with Crippen LogP contribution in [0.15, 0.2) is 53.5 Å². The zero-order chi connectivity index (χ0) is 17.1. The van der Waals surface area contributed by atoms with Gasteiger partial charge in [-0.2, -0.15) is 0 Å². The number of fused-ring (bicyclic) bond motifs is 1. The van der Waals surface area contributed by atoms with Gasteiger partial charge < -0.3 is 15.7 Å². The van der Waals surface area contributed by atoms with Crippen molar-refractivity contribution in [2.45, 2.75) is 12.6 Å².